The van der Waals surface area contributed by atoms with Crippen LogP contribution in [0.1, 0.15) is 11.1 Å². The van der Waals surface area contributed by atoms with Gasteiger partial charge in [-0.25, -0.2) is 0 Å². The van der Waals surface area contributed by atoms with Crippen LogP contribution in [-0.4, -0.2) is 7.05 Å². The topological polar surface area (TPSA) is 24.1 Å². The molecule has 0 aliphatic carbocycles. The van der Waals surface area contributed by atoms with Gasteiger partial charge in [-0.2, -0.15) is 0 Å². The first-order valence-corrected chi connectivity index (χ1v) is 6.18. The maximum absolute atomic E-state index is 3.46. The number of fused-ring (bicyclic) bond motifs is 1. The van der Waals surface area contributed by atoms with E-state index in [0.717, 1.165) is 12.1 Å². The van der Waals surface area contributed by atoms with Crippen LogP contribution in [0.25, 0.3) is 6.08 Å². The summed E-state index contributed by atoms with van der Waals surface area (Å²) in [6, 6.07) is 16.9. The Labute approximate surface area is 107 Å². The smallest absolute Gasteiger partial charge is 0.0418 e. The molecule has 0 spiro atoms. The summed E-state index contributed by atoms with van der Waals surface area (Å²) in [6.45, 7) is 0. The standard InChI is InChI=1S/C16H16N2/c1-17-14-8-6-12(7-9-14)10-15-11-13-4-2-3-5-16(13)18-15/h2-10,17-18H,11H2,1H3/b15-10-. The second kappa shape index (κ2) is 4.57. The van der Waals surface area contributed by atoms with Gasteiger partial charge in [0.15, 0.2) is 0 Å². The van der Waals surface area contributed by atoms with Gasteiger partial charge in [0.25, 0.3) is 0 Å². The molecule has 2 heteroatoms. The third-order valence-electron chi connectivity index (χ3n) is 3.23. The van der Waals surface area contributed by atoms with E-state index in [1.54, 1.807) is 0 Å². The van der Waals surface area contributed by atoms with Crippen molar-refractivity contribution in [1.82, 2.24) is 0 Å². The highest BCUT2D eigenvalue weighted by atomic mass is 14.9. The van der Waals surface area contributed by atoms with Gasteiger partial charge in [-0.05, 0) is 35.4 Å². The maximum atomic E-state index is 3.46. The SMILES string of the molecule is CNc1ccc(/C=C2/Cc3ccccc3N2)cc1. The largest absolute Gasteiger partial charge is 0.388 e. The lowest BCUT2D eigenvalue weighted by molar-refractivity contribution is 1.26. The summed E-state index contributed by atoms with van der Waals surface area (Å²) in [4.78, 5) is 0. The summed E-state index contributed by atoms with van der Waals surface area (Å²) in [6.07, 6.45) is 3.20. The monoisotopic (exact) mass is 236 g/mol. The Bertz CT molecular complexity index is 555. The molecule has 2 aromatic rings. The molecule has 90 valence electrons. The van der Waals surface area contributed by atoms with Crippen molar-refractivity contribution < 1.29 is 0 Å². The quantitative estimate of drug-likeness (QED) is 0.830. The van der Waals surface area contributed by atoms with Gasteiger partial charge in [-0.1, -0.05) is 30.3 Å². The molecular formula is C16H16N2. The molecule has 0 fully saturated rings. The van der Waals surface area contributed by atoms with Crippen molar-refractivity contribution in [3.63, 3.8) is 0 Å². The van der Waals surface area contributed by atoms with E-state index in [1.165, 1.54) is 22.5 Å². The van der Waals surface area contributed by atoms with Crippen LogP contribution in [0.3, 0.4) is 0 Å². The van der Waals surface area contributed by atoms with Gasteiger partial charge < -0.3 is 10.6 Å². The van der Waals surface area contributed by atoms with Crippen LogP contribution in [0.5, 0.6) is 0 Å². The minimum absolute atomic E-state index is 0.990. The predicted molar refractivity (Wildman–Crippen MR) is 77.7 cm³/mol. The van der Waals surface area contributed by atoms with Gasteiger partial charge in [-0.3, -0.25) is 0 Å². The number of nitrogens with one attached hydrogen (secondary N) is 2. The van der Waals surface area contributed by atoms with Crippen molar-refractivity contribution in [2.24, 2.45) is 0 Å². The third kappa shape index (κ3) is 2.09. The summed E-state index contributed by atoms with van der Waals surface area (Å²) in [5.74, 6) is 0. The minimum Gasteiger partial charge on any atom is -0.388 e. The van der Waals surface area contributed by atoms with Crippen molar-refractivity contribution in [3.8, 4) is 0 Å². The lowest BCUT2D eigenvalue weighted by Crippen LogP contribution is -1.91. The Morgan fingerprint density at radius 1 is 1.06 bits per heavy atom. The predicted octanol–water partition coefficient (Wildman–Crippen LogP) is 3.74. The molecule has 0 aromatic heterocycles. The fourth-order valence-electron chi connectivity index (χ4n) is 2.25. The van der Waals surface area contributed by atoms with Gasteiger partial charge in [-0.15, -0.1) is 0 Å². The van der Waals surface area contributed by atoms with Crippen LogP contribution in [0, 0.1) is 0 Å². The number of allylic oxidation sites excluding steroid dienone is 1. The molecule has 2 aromatic carbocycles. The van der Waals surface area contributed by atoms with Gasteiger partial charge in [0.1, 0.15) is 0 Å². The Morgan fingerprint density at radius 3 is 2.56 bits per heavy atom. The van der Waals surface area contributed by atoms with Crippen LogP contribution in [-0.2, 0) is 6.42 Å². The molecule has 0 amide bonds. The molecule has 18 heavy (non-hydrogen) atoms. The highest BCUT2D eigenvalue weighted by Crippen LogP contribution is 2.28. The maximum Gasteiger partial charge on any atom is 0.0418 e. The molecule has 1 aliphatic rings. The summed E-state index contributed by atoms with van der Waals surface area (Å²) in [7, 11) is 1.93. The molecule has 2 nitrogen and oxygen atoms in total. The second-order valence-corrected chi connectivity index (χ2v) is 4.50. The zero-order valence-corrected chi connectivity index (χ0v) is 10.4. The highest BCUT2D eigenvalue weighted by molar-refractivity contribution is 5.69. The number of para-hydroxylation sites is 1. The summed E-state index contributed by atoms with van der Waals surface area (Å²) < 4.78 is 0. The van der Waals surface area contributed by atoms with Crippen LogP contribution < -0.4 is 10.6 Å². The molecule has 1 heterocycles. The molecule has 0 unspecified atom stereocenters. The fourth-order valence-corrected chi connectivity index (χ4v) is 2.25. The first kappa shape index (κ1) is 10.9. The van der Waals surface area contributed by atoms with E-state index < -0.39 is 0 Å². The average Bonchev–Trinajstić information content (AvgIpc) is 2.82. The van der Waals surface area contributed by atoms with Gasteiger partial charge in [0.2, 0.25) is 0 Å². The van der Waals surface area contributed by atoms with E-state index in [0.29, 0.717) is 0 Å². The molecule has 1 aliphatic heterocycles. The Balaban J connectivity index is 1.82. The van der Waals surface area contributed by atoms with E-state index in [1.807, 2.05) is 7.05 Å². The van der Waals surface area contributed by atoms with Gasteiger partial charge >= 0.3 is 0 Å². The average molecular weight is 236 g/mol. The zero-order valence-electron chi connectivity index (χ0n) is 10.4. The summed E-state index contributed by atoms with van der Waals surface area (Å²) in [5, 5.41) is 6.58. The summed E-state index contributed by atoms with van der Waals surface area (Å²) in [5.41, 5.74) is 6.23. The Hall–Kier alpha value is -2.22. The van der Waals surface area contributed by atoms with Crippen molar-refractivity contribution in [2.45, 2.75) is 6.42 Å². The van der Waals surface area contributed by atoms with Crippen LogP contribution in [0.4, 0.5) is 11.4 Å². The van der Waals surface area contributed by atoms with E-state index in [4.69, 9.17) is 0 Å². The van der Waals surface area contributed by atoms with Crippen LogP contribution in [0.15, 0.2) is 54.2 Å². The first-order valence-electron chi connectivity index (χ1n) is 6.18. The first-order chi connectivity index (χ1) is 8.85. The van der Waals surface area contributed by atoms with Crippen molar-refractivity contribution >= 4 is 17.5 Å². The molecule has 2 N–H and O–H groups in total. The third-order valence-corrected chi connectivity index (χ3v) is 3.23. The Morgan fingerprint density at radius 2 is 1.83 bits per heavy atom. The van der Waals surface area contributed by atoms with Gasteiger partial charge in [0, 0.05) is 30.5 Å². The van der Waals surface area contributed by atoms with Gasteiger partial charge in [0.05, 0.1) is 0 Å². The lowest BCUT2D eigenvalue weighted by atomic mass is 10.1. The minimum atomic E-state index is 0.990. The molecular weight excluding hydrogens is 220 g/mol. The van der Waals surface area contributed by atoms with Crippen LogP contribution >= 0.6 is 0 Å². The van der Waals surface area contributed by atoms with Crippen LogP contribution in [0.2, 0.25) is 0 Å². The van der Waals surface area contributed by atoms with Crippen molar-refractivity contribution in [1.29, 1.82) is 0 Å². The van der Waals surface area contributed by atoms with E-state index >= 15 is 0 Å². The number of benzene rings is 2. The van der Waals surface area contributed by atoms with Crippen molar-refractivity contribution in [3.05, 3.63) is 65.4 Å². The van der Waals surface area contributed by atoms with E-state index in [2.05, 4.69) is 65.2 Å². The zero-order chi connectivity index (χ0) is 12.4. The van der Waals surface area contributed by atoms with Crippen molar-refractivity contribution in [2.75, 3.05) is 17.7 Å². The molecule has 3 rings (SSSR count). The second-order valence-electron chi connectivity index (χ2n) is 4.50. The number of anilines is 2. The lowest BCUT2D eigenvalue weighted by Gasteiger charge is -2.02. The number of hydrogen-bond donors (Lipinski definition) is 2. The van der Waals surface area contributed by atoms with E-state index in [9.17, 15) is 0 Å². The molecule has 0 bridgehead atoms. The molecule has 0 saturated carbocycles. The number of rotatable bonds is 2. The fraction of sp³-hybridized carbons (Fsp3) is 0.125. The normalized spacial score (nSPS) is 15.3. The summed E-state index contributed by atoms with van der Waals surface area (Å²) >= 11 is 0. The molecule has 0 saturated heterocycles. The van der Waals surface area contributed by atoms with E-state index in [-0.39, 0.29) is 0 Å². The highest BCUT2D eigenvalue weighted by Gasteiger charge is 2.12. The number of hydrogen-bond acceptors (Lipinski definition) is 2. The Kier molecular flexibility index (Phi) is 2.77. The molecule has 0 radical (unpaired) electrons. The molecule has 0 atom stereocenters.